The van der Waals surface area contributed by atoms with E-state index >= 15 is 0 Å². The van der Waals surface area contributed by atoms with Crippen LogP contribution in [0.2, 0.25) is 0 Å². The van der Waals surface area contributed by atoms with Crippen molar-refractivity contribution in [3.05, 3.63) is 23.8 Å². The van der Waals surface area contributed by atoms with Gasteiger partial charge >= 0.3 is 0 Å². The fourth-order valence-electron chi connectivity index (χ4n) is 0.869. The Labute approximate surface area is 76.4 Å². The normalized spacial score (nSPS) is 10.3. The van der Waals surface area contributed by atoms with Crippen LogP contribution >= 0.6 is 0 Å². The molecule has 1 rings (SSSR count). The van der Waals surface area contributed by atoms with E-state index in [2.05, 4.69) is 9.99 Å². The molecule has 0 radical (unpaired) electrons. The lowest BCUT2D eigenvalue weighted by atomic mass is 10.2. The van der Waals surface area contributed by atoms with Gasteiger partial charge in [0.1, 0.15) is 18.6 Å². The topological polar surface area (TPSA) is 51.0 Å². The molecule has 13 heavy (non-hydrogen) atoms. The molecular weight excluding hydrogens is 170 g/mol. The third-order valence-corrected chi connectivity index (χ3v) is 1.53. The first-order chi connectivity index (χ1) is 6.27. The van der Waals surface area contributed by atoms with Crippen LogP contribution in [0.15, 0.2) is 23.4 Å². The SMILES string of the molecule is CO/N=C/c1ccc(OC)cc1O. The van der Waals surface area contributed by atoms with Gasteiger partial charge in [-0.2, -0.15) is 0 Å². The van der Waals surface area contributed by atoms with E-state index in [0.29, 0.717) is 11.3 Å². The predicted octanol–water partition coefficient (Wildman–Crippen LogP) is 1.38. The van der Waals surface area contributed by atoms with Gasteiger partial charge in [-0.05, 0) is 12.1 Å². The summed E-state index contributed by atoms with van der Waals surface area (Å²) in [4.78, 5) is 4.48. The van der Waals surface area contributed by atoms with Crippen molar-refractivity contribution in [3.8, 4) is 11.5 Å². The molecule has 0 bridgehead atoms. The summed E-state index contributed by atoms with van der Waals surface area (Å²) in [6.07, 6.45) is 1.43. The zero-order chi connectivity index (χ0) is 9.68. The van der Waals surface area contributed by atoms with Crippen LogP contribution in [0.3, 0.4) is 0 Å². The minimum Gasteiger partial charge on any atom is -0.507 e. The molecule has 0 aliphatic heterocycles. The number of methoxy groups -OCH3 is 1. The Morgan fingerprint density at radius 3 is 2.69 bits per heavy atom. The van der Waals surface area contributed by atoms with Crippen molar-refractivity contribution in [1.82, 2.24) is 0 Å². The van der Waals surface area contributed by atoms with Crippen LogP contribution in [0, 0.1) is 0 Å². The molecule has 0 aliphatic rings. The molecule has 0 heterocycles. The number of phenolic OH excluding ortho intramolecular Hbond substituents is 1. The van der Waals surface area contributed by atoms with E-state index in [1.807, 2.05) is 0 Å². The predicted molar refractivity (Wildman–Crippen MR) is 49.3 cm³/mol. The highest BCUT2D eigenvalue weighted by Crippen LogP contribution is 2.21. The molecule has 0 saturated heterocycles. The summed E-state index contributed by atoms with van der Waals surface area (Å²) < 4.78 is 4.92. The molecule has 4 nitrogen and oxygen atoms in total. The summed E-state index contributed by atoms with van der Waals surface area (Å²) in [5.74, 6) is 0.715. The number of benzene rings is 1. The zero-order valence-corrected chi connectivity index (χ0v) is 7.52. The number of rotatable bonds is 3. The van der Waals surface area contributed by atoms with Crippen molar-refractivity contribution >= 4 is 6.21 Å². The van der Waals surface area contributed by atoms with Crippen molar-refractivity contribution in [2.75, 3.05) is 14.2 Å². The molecule has 1 N–H and O–H groups in total. The maximum Gasteiger partial charge on any atom is 0.128 e. The van der Waals surface area contributed by atoms with Crippen molar-refractivity contribution in [2.45, 2.75) is 0 Å². The summed E-state index contributed by atoms with van der Waals surface area (Å²) in [5.41, 5.74) is 0.586. The minimum absolute atomic E-state index is 0.111. The summed E-state index contributed by atoms with van der Waals surface area (Å²) >= 11 is 0. The van der Waals surface area contributed by atoms with E-state index in [-0.39, 0.29) is 5.75 Å². The zero-order valence-electron chi connectivity index (χ0n) is 7.52. The van der Waals surface area contributed by atoms with Crippen LogP contribution in [0.1, 0.15) is 5.56 Å². The Kier molecular flexibility index (Phi) is 3.14. The van der Waals surface area contributed by atoms with Gasteiger partial charge in [0.25, 0.3) is 0 Å². The van der Waals surface area contributed by atoms with E-state index in [9.17, 15) is 5.11 Å². The van der Waals surface area contributed by atoms with Gasteiger partial charge in [0, 0.05) is 11.6 Å². The maximum absolute atomic E-state index is 9.42. The molecule has 1 aromatic carbocycles. The van der Waals surface area contributed by atoms with Gasteiger partial charge in [-0.3, -0.25) is 0 Å². The smallest absolute Gasteiger partial charge is 0.128 e. The van der Waals surface area contributed by atoms with Crippen LogP contribution in [0.5, 0.6) is 11.5 Å². The lowest BCUT2D eigenvalue weighted by molar-refractivity contribution is 0.215. The Morgan fingerprint density at radius 2 is 2.15 bits per heavy atom. The molecule has 0 unspecified atom stereocenters. The molecule has 0 saturated carbocycles. The average molecular weight is 181 g/mol. The fourth-order valence-corrected chi connectivity index (χ4v) is 0.869. The molecule has 0 aliphatic carbocycles. The number of nitrogens with zero attached hydrogens (tertiary/aromatic N) is 1. The Bertz CT molecular complexity index is 310. The summed E-state index contributed by atoms with van der Waals surface area (Å²) in [7, 11) is 2.98. The third kappa shape index (κ3) is 2.37. The first-order valence-electron chi connectivity index (χ1n) is 3.71. The van der Waals surface area contributed by atoms with Crippen LogP contribution in [-0.2, 0) is 4.84 Å². The summed E-state index contributed by atoms with van der Waals surface area (Å²) in [6.45, 7) is 0. The molecule has 70 valence electrons. The van der Waals surface area contributed by atoms with Gasteiger partial charge in [0.15, 0.2) is 0 Å². The second kappa shape index (κ2) is 4.35. The number of hydrogen-bond acceptors (Lipinski definition) is 4. The number of oxime groups is 1. The molecule has 0 spiro atoms. The number of aromatic hydroxyl groups is 1. The highest BCUT2D eigenvalue weighted by Gasteiger charge is 1.99. The maximum atomic E-state index is 9.42. The summed E-state index contributed by atoms with van der Waals surface area (Å²) in [6, 6.07) is 4.93. The minimum atomic E-state index is 0.111. The Morgan fingerprint density at radius 1 is 1.38 bits per heavy atom. The quantitative estimate of drug-likeness (QED) is 0.566. The second-order valence-electron chi connectivity index (χ2n) is 2.34. The number of hydrogen-bond donors (Lipinski definition) is 1. The molecule has 0 atom stereocenters. The highest BCUT2D eigenvalue weighted by atomic mass is 16.6. The second-order valence-corrected chi connectivity index (χ2v) is 2.34. The van der Waals surface area contributed by atoms with E-state index in [0.717, 1.165) is 0 Å². The number of ether oxygens (including phenoxy) is 1. The molecule has 0 aromatic heterocycles. The summed E-state index contributed by atoms with van der Waals surface area (Å²) in [5, 5.41) is 13.0. The lowest BCUT2D eigenvalue weighted by Crippen LogP contribution is -1.86. The third-order valence-electron chi connectivity index (χ3n) is 1.53. The van der Waals surface area contributed by atoms with Crippen molar-refractivity contribution in [1.29, 1.82) is 0 Å². The van der Waals surface area contributed by atoms with Crippen molar-refractivity contribution < 1.29 is 14.7 Å². The van der Waals surface area contributed by atoms with Crippen LogP contribution in [0.4, 0.5) is 0 Å². The van der Waals surface area contributed by atoms with Gasteiger partial charge in [-0.15, -0.1) is 0 Å². The van der Waals surface area contributed by atoms with Crippen LogP contribution in [-0.4, -0.2) is 25.5 Å². The van der Waals surface area contributed by atoms with Crippen LogP contribution < -0.4 is 4.74 Å². The monoisotopic (exact) mass is 181 g/mol. The highest BCUT2D eigenvalue weighted by molar-refractivity contribution is 5.83. The van der Waals surface area contributed by atoms with E-state index in [4.69, 9.17) is 4.74 Å². The molecule has 1 aromatic rings. The molecule has 0 fully saturated rings. The largest absolute Gasteiger partial charge is 0.507 e. The van der Waals surface area contributed by atoms with E-state index in [1.165, 1.54) is 26.5 Å². The van der Waals surface area contributed by atoms with Crippen LogP contribution in [0.25, 0.3) is 0 Å². The van der Waals surface area contributed by atoms with Gasteiger partial charge in [-0.1, -0.05) is 5.16 Å². The van der Waals surface area contributed by atoms with E-state index < -0.39 is 0 Å². The van der Waals surface area contributed by atoms with E-state index in [1.54, 1.807) is 12.1 Å². The molecular formula is C9H11NO3. The average Bonchev–Trinajstić information content (AvgIpc) is 2.16. The van der Waals surface area contributed by atoms with Gasteiger partial charge < -0.3 is 14.7 Å². The molecule has 4 heteroatoms. The first kappa shape index (κ1) is 9.38. The van der Waals surface area contributed by atoms with Gasteiger partial charge in [-0.25, -0.2) is 0 Å². The Balaban J connectivity index is 2.91. The van der Waals surface area contributed by atoms with Crippen molar-refractivity contribution in [2.24, 2.45) is 5.16 Å². The lowest BCUT2D eigenvalue weighted by Gasteiger charge is -2.01. The Hall–Kier alpha value is -1.71. The molecule has 0 amide bonds. The standard InChI is InChI=1S/C9H11NO3/c1-12-8-4-3-7(6-10-13-2)9(11)5-8/h3-6,11H,1-2H3/b10-6+. The van der Waals surface area contributed by atoms with Crippen molar-refractivity contribution in [3.63, 3.8) is 0 Å². The van der Waals surface area contributed by atoms with Gasteiger partial charge in [0.2, 0.25) is 0 Å². The van der Waals surface area contributed by atoms with Gasteiger partial charge in [0.05, 0.1) is 13.3 Å². The first-order valence-corrected chi connectivity index (χ1v) is 3.71. The fraction of sp³-hybridized carbons (Fsp3) is 0.222. The number of phenols is 1.